The van der Waals surface area contributed by atoms with Crippen molar-refractivity contribution < 1.29 is 13.2 Å². The van der Waals surface area contributed by atoms with Crippen LogP contribution in [0.2, 0.25) is 0 Å². The van der Waals surface area contributed by atoms with Crippen LogP contribution in [-0.2, 0) is 6.18 Å². The van der Waals surface area contributed by atoms with Gasteiger partial charge in [0.2, 0.25) is 0 Å². The molecule has 0 radical (unpaired) electrons. The molecule has 5 heteroatoms. The minimum Gasteiger partial charge on any atom is -0.358 e. The second-order valence-electron chi connectivity index (χ2n) is 11.6. The number of fused-ring (bicyclic) bond motifs is 2. The van der Waals surface area contributed by atoms with E-state index >= 15 is 0 Å². The molecular formula is C32H37F3N2. The monoisotopic (exact) mass is 506 g/mol. The number of H-pyrrole nitrogens is 1. The average molecular weight is 507 g/mol. The summed E-state index contributed by atoms with van der Waals surface area (Å²) in [5.74, 6) is 1.49. The topological polar surface area (TPSA) is 19.0 Å². The number of nitrogens with zero attached hydrogens (tertiary/aromatic N) is 1. The number of aromatic nitrogens is 1. The van der Waals surface area contributed by atoms with Crippen molar-refractivity contribution >= 4 is 22.6 Å². The Labute approximate surface area is 217 Å². The van der Waals surface area contributed by atoms with E-state index in [0.717, 1.165) is 42.0 Å². The van der Waals surface area contributed by atoms with Gasteiger partial charge in [-0.05, 0) is 122 Å². The van der Waals surface area contributed by atoms with Crippen LogP contribution < -0.4 is 0 Å². The summed E-state index contributed by atoms with van der Waals surface area (Å²) in [4.78, 5) is 6.49. The van der Waals surface area contributed by atoms with Crippen LogP contribution in [0.4, 0.5) is 13.2 Å². The summed E-state index contributed by atoms with van der Waals surface area (Å²) in [6, 6.07) is 13.1. The average Bonchev–Trinajstić information content (AvgIpc) is 3.50. The molecule has 2 aromatic carbocycles. The predicted molar refractivity (Wildman–Crippen MR) is 146 cm³/mol. The standard InChI is InChI=1S/C32H37F3N2/c1-3-20(2)31-30(24-14-16-37-15-4-5-26(37)19-24)28-18-21(6-13-29(28)36-31)17-27(22-7-8-22)23-9-11-25(12-10-23)32(33,34)35/h6,9-13,17-18,20,22,24,26,36H,3-5,7-8,14-16,19H2,1-2H3. The maximum atomic E-state index is 13.1. The number of aromatic amines is 1. The third kappa shape index (κ3) is 4.87. The number of nitrogens with one attached hydrogen (secondary N) is 1. The molecule has 1 aromatic heterocycles. The minimum absolute atomic E-state index is 0.431. The summed E-state index contributed by atoms with van der Waals surface area (Å²) in [5.41, 5.74) is 6.75. The quantitative estimate of drug-likeness (QED) is 0.331. The lowest BCUT2D eigenvalue weighted by Crippen LogP contribution is -2.37. The highest BCUT2D eigenvalue weighted by Crippen LogP contribution is 2.45. The van der Waals surface area contributed by atoms with Crippen LogP contribution in [0, 0.1) is 5.92 Å². The summed E-state index contributed by atoms with van der Waals surface area (Å²) in [6.45, 7) is 7.04. The number of piperidine rings is 1. The Kier molecular flexibility index (Phi) is 6.46. The van der Waals surface area contributed by atoms with Gasteiger partial charge >= 0.3 is 6.18 Å². The Hall–Kier alpha value is -2.53. The Morgan fingerprint density at radius 2 is 1.84 bits per heavy atom. The third-order valence-corrected chi connectivity index (χ3v) is 9.11. The molecule has 37 heavy (non-hydrogen) atoms. The van der Waals surface area contributed by atoms with E-state index < -0.39 is 11.7 Å². The molecule has 3 aliphatic rings. The number of allylic oxidation sites excluding steroid dienone is 1. The van der Waals surface area contributed by atoms with Crippen LogP contribution in [0.15, 0.2) is 42.5 Å². The summed E-state index contributed by atoms with van der Waals surface area (Å²) < 4.78 is 39.3. The van der Waals surface area contributed by atoms with Crippen molar-refractivity contribution in [1.29, 1.82) is 0 Å². The zero-order valence-electron chi connectivity index (χ0n) is 21.9. The Balaban J connectivity index is 1.39. The molecule has 196 valence electrons. The van der Waals surface area contributed by atoms with E-state index in [2.05, 4.69) is 48.0 Å². The number of alkyl halides is 3. The van der Waals surface area contributed by atoms with Crippen molar-refractivity contribution in [2.45, 2.75) is 82.8 Å². The molecule has 3 fully saturated rings. The van der Waals surface area contributed by atoms with E-state index in [0.29, 0.717) is 17.8 Å². The van der Waals surface area contributed by atoms with Crippen molar-refractivity contribution in [2.24, 2.45) is 5.92 Å². The van der Waals surface area contributed by atoms with Crippen molar-refractivity contribution in [2.75, 3.05) is 13.1 Å². The largest absolute Gasteiger partial charge is 0.416 e. The first-order valence-corrected chi connectivity index (χ1v) is 14.1. The van der Waals surface area contributed by atoms with Gasteiger partial charge in [-0.25, -0.2) is 0 Å². The van der Waals surface area contributed by atoms with Crippen molar-refractivity contribution in [3.63, 3.8) is 0 Å². The smallest absolute Gasteiger partial charge is 0.358 e. The molecule has 0 amide bonds. The fourth-order valence-corrected chi connectivity index (χ4v) is 6.72. The first-order valence-electron chi connectivity index (χ1n) is 14.1. The molecule has 1 aliphatic carbocycles. The van der Waals surface area contributed by atoms with Gasteiger partial charge in [-0.15, -0.1) is 0 Å². The van der Waals surface area contributed by atoms with Crippen molar-refractivity contribution in [3.8, 4) is 0 Å². The molecule has 1 saturated carbocycles. The van der Waals surface area contributed by atoms with Gasteiger partial charge in [0.25, 0.3) is 0 Å². The number of halogens is 3. The van der Waals surface area contributed by atoms with Crippen LogP contribution in [-0.4, -0.2) is 29.0 Å². The van der Waals surface area contributed by atoms with Gasteiger partial charge in [0.05, 0.1) is 5.56 Å². The van der Waals surface area contributed by atoms with Crippen molar-refractivity contribution in [3.05, 3.63) is 70.4 Å². The summed E-state index contributed by atoms with van der Waals surface area (Å²) in [6.07, 6.45) is 6.33. The number of hydrogen-bond acceptors (Lipinski definition) is 1. The van der Waals surface area contributed by atoms with E-state index in [1.807, 2.05) is 0 Å². The Morgan fingerprint density at radius 1 is 1.05 bits per heavy atom. The van der Waals surface area contributed by atoms with Crippen LogP contribution in [0.5, 0.6) is 0 Å². The zero-order valence-corrected chi connectivity index (χ0v) is 21.9. The fraction of sp³-hybridized carbons (Fsp3) is 0.500. The first kappa shape index (κ1) is 24.8. The highest BCUT2D eigenvalue weighted by atomic mass is 19.4. The van der Waals surface area contributed by atoms with Crippen LogP contribution in [0.1, 0.15) is 98.6 Å². The van der Waals surface area contributed by atoms with Crippen LogP contribution in [0.3, 0.4) is 0 Å². The predicted octanol–water partition coefficient (Wildman–Crippen LogP) is 8.99. The van der Waals surface area contributed by atoms with Gasteiger partial charge in [-0.3, -0.25) is 0 Å². The molecule has 3 atom stereocenters. The summed E-state index contributed by atoms with van der Waals surface area (Å²) >= 11 is 0. The molecule has 0 spiro atoms. The van der Waals surface area contributed by atoms with Gasteiger partial charge in [0, 0.05) is 22.6 Å². The zero-order chi connectivity index (χ0) is 25.7. The second kappa shape index (κ2) is 9.65. The Bertz CT molecular complexity index is 1300. The van der Waals surface area contributed by atoms with E-state index in [1.54, 1.807) is 12.1 Å². The first-order chi connectivity index (χ1) is 17.8. The van der Waals surface area contributed by atoms with E-state index in [4.69, 9.17) is 0 Å². The van der Waals surface area contributed by atoms with E-state index in [1.165, 1.54) is 73.1 Å². The lowest BCUT2D eigenvalue weighted by molar-refractivity contribution is -0.137. The van der Waals surface area contributed by atoms with Gasteiger partial charge in [0.15, 0.2) is 0 Å². The molecule has 6 rings (SSSR count). The molecule has 1 N–H and O–H groups in total. The lowest BCUT2D eigenvalue weighted by Gasteiger charge is -2.35. The van der Waals surface area contributed by atoms with E-state index in [9.17, 15) is 13.2 Å². The molecule has 2 aliphatic heterocycles. The molecule has 3 heterocycles. The number of rotatable bonds is 6. The molecule has 2 saturated heterocycles. The number of hydrogen-bond donors (Lipinski definition) is 1. The highest BCUT2D eigenvalue weighted by Gasteiger charge is 2.35. The van der Waals surface area contributed by atoms with Gasteiger partial charge in [-0.2, -0.15) is 13.2 Å². The third-order valence-electron chi connectivity index (χ3n) is 9.11. The highest BCUT2D eigenvalue weighted by molar-refractivity contribution is 5.91. The van der Waals surface area contributed by atoms with Crippen LogP contribution >= 0.6 is 0 Å². The van der Waals surface area contributed by atoms with Crippen LogP contribution in [0.25, 0.3) is 22.6 Å². The second-order valence-corrected chi connectivity index (χ2v) is 11.6. The maximum absolute atomic E-state index is 13.1. The molecule has 3 aromatic rings. The van der Waals surface area contributed by atoms with Gasteiger partial charge in [-0.1, -0.05) is 38.1 Å². The maximum Gasteiger partial charge on any atom is 0.416 e. The SMILES string of the molecule is CCC(C)c1[nH]c2ccc(C=C(c3ccc(C(F)(F)F)cc3)C3CC3)cc2c1C1CCN2CCCC2C1. The molecule has 0 bridgehead atoms. The normalized spacial score (nSPS) is 24.0. The summed E-state index contributed by atoms with van der Waals surface area (Å²) in [7, 11) is 0. The summed E-state index contributed by atoms with van der Waals surface area (Å²) in [5, 5.41) is 1.34. The Morgan fingerprint density at radius 3 is 2.54 bits per heavy atom. The van der Waals surface area contributed by atoms with Gasteiger partial charge < -0.3 is 9.88 Å². The van der Waals surface area contributed by atoms with E-state index in [-0.39, 0.29) is 0 Å². The molecular weight excluding hydrogens is 469 g/mol. The van der Waals surface area contributed by atoms with Gasteiger partial charge in [0.1, 0.15) is 0 Å². The van der Waals surface area contributed by atoms with Crippen molar-refractivity contribution in [1.82, 2.24) is 9.88 Å². The molecule has 3 unspecified atom stereocenters. The number of benzene rings is 2. The minimum atomic E-state index is -4.31. The molecule has 2 nitrogen and oxygen atoms in total. The fourth-order valence-electron chi connectivity index (χ4n) is 6.72. The lowest BCUT2D eigenvalue weighted by atomic mass is 9.81.